The van der Waals surface area contributed by atoms with E-state index in [1.807, 2.05) is 0 Å². The number of hydrogen-bond acceptors (Lipinski definition) is 4. The molecule has 0 bridgehead atoms. The van der Waals surface area contributed by atoms with Gasteiger partial charge in [0.1, 0.15) is 0 Å². The van der Waals surface area contributed by atoms with E-state index in [4.69, 9.17) is 9.47 Å². The molecule has 0 unspecified atom stereocenters. The Morgan fingerprint density at radius 2 is 2.00 bits per heavy atom. The molecule has 98 valence electrons. The molecule has 1 saturated carbocycles. The summed E-state index contributed by atoms with van der Waals surface area (Å²) in [5.41, 5.74) is -0.657. The molecule has 2 N–H and O–H groups in total. The highest BCUT2D eigenvalue weighted by Gasteiger charge is 2.55. The van der Waals surface area contributed by atoms with Crippen molar-refractivity contribution >= 4 is 21.9 Å². The Morgan fingerprint density at radius 3 is 2.39 bits per heavy atom. The molecule has 18 heavy (non-hydrogen) atoms. The standard InChI is InChI=1S/C12H13BrO5/c1-17-7-5-6(13)8(9(14)10(7)18-2)12(3-4-12)11(15)16/h5,14H,3-4H2,1-2H3,(H,15,16). The van der Waals surface area contributed by atoms with E-state index in [1.165, 1.54) is 14.2 Å². The Bertz CT molecular complexity index is 508. The van der Waals surface area contributed by atoms with Crippen molar-refractivity contribution in [1.29, 1.82) is 0 Å². The van der Waals surface area contributed by atoms with Crippen LogP contribution in [0.1, 0.15) is 18.4 Å². The number of aromatic hydroxyl groups is 1. The number of carboxylic acid groups (broad SMARTS) is 1. The average molecular weight is 317 g/mol. The van der Waals surface area contributed by atoms with Crippen LogP contribution in [-0.4, -0.2) is 30.4 Å². The van der Waals surface area contributed by atoms with E-state index >= 15 is 0 Å². The number of ether oxygens (including phenoxy) is 2. The Labute approximate surface area is 112 Å². The number of methoxy groups -OCH3 is 2. The Balaban J connectivity index is 2.66. The molecule has 0 spiro atoms. The summed E-state index contributed by atoms with van der Waals surface area (Å²) in [5.74, 6) is -0.607. The van der Waals surface area contributed by atoms with Crippen LogP contribution in [0.5, 0.6) is 17.2 Å². The minimum absolute atomic E-state index is 0.156. The van der Waals surface area contributed by atoms with Gasteiger partial charge in [-0.25, -0.2) is 0 Å². The fraction of sp³-hybridized carbons (Fsp3) is 0.417. The van der Waals surface area contributed by atoms with E-state index in [2.05, 4.69) is 15.9 Å². The largest absolute Gasteiger partial charge is 0.504 e. The lowest BCUT2D eigenvalue weighted by atomic mass is 9.94. The van der Waals surface area contributed by atoms with Crippen molar-refractivity contribution in [1.82, 2.24) is 0 Å². The molecular formula is C12H13BrO5. The maximum absolute atomic E-state index is 11.3. The van der Waals surface area contributed by atoms with Crippen LogP contribution in [0.2, 0.25) is 0 Å². The van der Waals surface area contributed by atoms with Gasteiger partial charge in [0.2, 0.25) is 5.75 Å². The predicted molar refractivity (Wildman–Crippen MR) is 67.5 cm³/mol. The first kappa shape index (κ1) is 13.0. The van der Waals surface area contributed by atoms with Crippen molar-refractivity contribution in [3.63, 3.8) is 0 Å². The molecule has 5 nitrogen and oxygen atoms in total. The fourth-order valence-electron chi connectivity index (χ4n) is 2.10. The van der Waals surface area contributed by atoms with Gasteiger partial charge in [-0.3, -0.25) is 4.79 Å². The number of phenols is 1. The van der Waals surface area contributed by atoms with Crippen molar-refractivity contribution in [2.75, 3.05) is 14.2 Å². The molecule has 6 heteroatoms. The van der Waals surface area contributed by atoms with Crippen LogP contribution >= 0.6 is 15.9 Å². The van der Waals surface area contributed by atoms with Crippen molar-refractivity contribution in [3.05, 3.63) is 16.1 Å². The SMILES string of the molecule is COc1cc(Br)c(C2(C(=O)O)CC2)c(O)c1OC. The summed E-state index contributed by atoms with van der Waals surface area (Å²) in [6, 6.07) is 1.61. The molecule has 0 atom stereocenters. The molecule has 1 aliphatic carbocycles. The molecule has 0 radical (unpaired) electrons. The van der Waals surface area contributed by atoms with Crippen LogP contribution in [0.4, 0.5) is 0 Å². The first-order chi connectivity index (χ1) is 8.47. The Kier molecular flexibility index (Phi) is 3.14. The van der Waals surface area contributed by atoms with Crippen molar-refractivity contribution in [2.24, 2.45) is 0 Å². The van der Waals surface area contributed by atoms with E-state index in [0.29, 0.717) is 28.6 Å². The number of rotatable bonds is 4. The third-order valence-electron chi connectivity index (χ3n) is 3.23. The highest BCUT2D eigenvalue weighted by atomic mass is 79.9. The van der Waals surface area contributed by atoms with E-state index in [0.717, 1.165) is 0 Å². The van der Waals surface area contributed by atoms with Gasteiger partial charge < -0.3 is 19.7 Å². The summed E-state index contributed by atoms with van der Waals surface area (Å²) >= 11 is 3.29. The second kappa shape index (κ2) is 4.35. The lowest BCUT2D eigenvalue weighted by Gasteiger charge is -2.18. The molecule has 0 amide bonds. The van der Waals surface area contributed by atoms with Gasteiger partial charge in [-0.2, -0.15) is 0 Å². The molecule has 0 heterocycles. The van der Waals surface area contributed by atoms with Gasteiger partial charge >= 0.3 is 5.97 Å². The number of benzene rings is 1. The third-order valence-corrected chi connectivity index (χ3v) is 3.86. The number of halogens is 1. The topological polar surface area (TPSA) is 76.0 Å². The normalized spacial score (nSPS) is 16.2. The predicted octanol–water partition coefficient (Wildman–Crippen LogP) is 2.29. The van der Waals surface area contributed by atoms with E-state index < -0.39 is 11.4 Å². The van der Waals surface area contributed by atoms with E-state index in [-0.39, 0.29) is 11.5 Å². The molecule has 1 aromatic rings. The lowest BCUT2D eigenvalue weighted by molar-refractivity contribution is -0.140. The van der Waals surface area contributed by atoms with E-state index in [1.54, 1.807) is 6.07 Å². The zero-order chi connectivity index (χ0) is 13.5. The maximum Gasteiger partial charge on any atom is 0.314 e. The Morgan fingerprint density at radius 1 is 1.39 bits per heavy atom. The zero-order valence-corrected chi connectivity index (χ0v) is 11.6. The fourth-order valence-corrected chi connectivity index (χ4v) is 2.87. The lowest BCUT2D eigenvalue weighted by Crippen LogP contribution is -2.20. The molecule has 2 rings (SSSR count). The van der Waals surface area contributed by atoms with Gasteiger partial charge in [0, 0.05) is 10.0 Å². The first-order valence-corrected chi connectivity index (χ1v) is 6.14. The maximum atomic E-state index is 11.3. The monoisotopic (exact) mass is 316 g/mol. The summed E-state index contributed by atoms with van der Waals surface area (Å²) < 4.78 is 10.7. The van der Waals surface area contributed by atoms with Crippen LogP contribution in [0.15, 0.2) is 10.5 Å². The second-order valence-electron chi connectivity index (χ2n) is 4.20. The van der Waals surface area contributed by atoms with Crippen LogP contribution in [-0.2, 0) is 10.2 Å². The van der Waals surface area contributed by atoms with Crippen molar-refractivity contribution in [2.45, 2.75) is 18.3 Å². The van der Waals surface area contributed by atoms with Gasteiger partial charge in [0.25, 0.3) is 0 Å². The van der Waals surface area contributed by atoms with Gasteiger partial charge in [0.05, 0.1) is 19.6 Å². The first-order valence-electron chi connectivity index (χ1n) is 5.35. The molecule has 0 aliphatic heterocycles. The minimum Gasteiger partial charge on any atom is -0.504 e. The molecule has 0 saturated heterocycles. The van der Waals surface area contributed by atoms with Crippen LogP contribution in [0, 0.1) is 0 Å². The highest BCUT2D eigenvalue weighted by Crippen LogP contribution is 2.57. The number of carboxylic acids is 1. The summed E-state index contributed by atoms with van der Waals surface area (Å²) in [6.45, 7) is 0. The van der Waals surface area contributed by atoms with Crippen molar-refractivity contribution < 1.29 is 24.5 Å². The third kappa shape index (κ3) is 1.71. The van der Waals surface area contributed by atoms with Gasteiger partial charge in [-0.15, -0.1) is 0 Å². The van der Waals surface area contributed by atoms with Gasteiger partial charge in [-0.05, 0) is 18.9 Å². The molecular weight excluding hydrogens is 304 g/mol. The second-order valence-corrected chi connectivity index (χ2v) is 5.06. The number of carbonyl (C=O) groups is 1. The summed E-state index contributed by atoms with van der Waals surface area (Å²) in [4.78, 5) is 11.3. The van der Waals surface area contributed by atoms with Crippen molar-refractivity contribution in [3.8, 4) is 17.2 Å². The van der Waals surface area contributed by atoms with Gasteiger partial charge in [-0.1, -0.05) is 15.9 Å². The number of phenolic OH excluding ortho intramolecular Hbond substituents is 1. The smallest absolute Gasteiger partial charge is 0.314 e. The number of hydrogen-bond donors (Lipinski definition) is 2. The van der Waals surface area contributed by atoms with Crippen LogP contribution in [0.25, 0.3) is 0 Å². The van der Waals surface area contributed by atoms with Gasteiger partial charge in [0.15, 0.2) is 11.5 Å². The minimum atomic E-state index is -1.01. The van der Waals surface area contributed by atoms with Crippen LogP contribution in [0.3, 0.4) is 0 Å². The zero-order valence-electron chi connectivity index (χ0n) is 9.99. The molecule has 1 aliphatic rings. The summed E-state index contributed by atoms with van der Waals surface area (Å²) in [5, 5.41) is 19.5. The molecule has 0 aromatic heterocycles. The highest BCUT2D eigenvalue weighted by molar-refractivity contribution is 9.10. The Hall–Kier alpha value is -1.43. The summed E-state index contributed by atoms with van der Waals surface area (Å²) in [6.07, 6.45) is 1.01. The van der Waals surface area contributed by atoms with Crippen LogP contribution < -0.4 is 9.47 Å². The number of aliphatic carboxylic acids is 1. The quantitative estimate of drug-likeness (QED) is 0.891. The van der Waals surface area contributed by atoms with E-state index in [9.17, 15) is 15.0 Å². The molecule has 1 aromatic carbocycles. The molecule has 1 fully saturated rings. The average Bonchev–Trinajstić information content (AvgIpc) is 3.09. The summed E-state index contributed by atoms with van der Waals surface area (Å²) in [7, 11) is 2.85.